The van der Waals surface area contributed by atoms with Crippen molar-refractivity contribution in [2.75, 3.05) is 33.0 Å². The van der Waals surface area contributed by atoms with Crippen LogP contribution in [0, 0.1) is 0 Å². The smallest absolute Gasteiger partial charge is 0.0962 e. The van der Waals surface area contributed by atoms with Crippen LogP contribution in [0.4, 0.5) is 0 Å². The first-order valence-electron chi connectivity index (χ1n) is 7.44. The third-order valence-electron chi connectivity index (χ3n) is 3.77. The summed E-state index contributed by atoms with van der Waals surface area (Å²) in [7, 11) is 0. The second-order valence-corrected chi connectivity index (χ2v) is 5.26. The van der Waals surface area contributed by atoms with Gasteiger partial charge in [0.05, 0.1) is 32.0 Å². The second-order valence-electron chi connectivity index (χ2n) is 5.26. The first-order valence-corrected chi connectivity index (χ1v) is 7.44. The fourth-order valence-corrected chi connectivity index (χ4v) is 2.72. The Bertz CT molecular complexity index is 213. The highest BCUT2D eigenvalue weighted by Crippen LogP contribution is 2.20. The minimum Gasteiger partial charge on any atom is -0.378 e. The third-order valence-corrected chi connectivity index (χ3v) is 3.77. The fraction of sp³-hybridized carbons (Fsp3) is 1.00. The van der Waals surface area contributed by atoms with E-state index in [0.717, 1.165) is 52.2 Å². The van der Waals surface area contributed by atoms with Crippen LogP contribution in [0.1, 0.15) is 39.0 Å². The molecule has 0 aromatic rings. The SMILES string of the molecule is CCCNC(CCC1CCCO1)C1COCCO1. The summed E-state index contributed by atoms with van der Waals surface area (Å²) in [5, 5.41) is 3.60. The van der Waals surface area contributed by atoms with E-state index >= 15 is 0 Å². The van der Waals surface area contributed by atoms with Crippen molar-refractivity contribution >= 4 is 0 Å². The van der Waals surface area contributed by atoms with Crippen molar-refractivity contribution in [2.45, 2.75) is 57.3 Å². The van der Waals surface area contributed by atoms with E-state index in [2.05, 4.69) is 12.2 Å². The van der Waals surface area contributed by atoms with E-state index in [1.54, 1.807) is 0 Å². The molecule has 2 aliphatic heterocycles. The van der Waals surface area contributed by atoms with Gasteiger partial charge in [0.15, 0.2) is 0 Å². The molecule has 106 valence electrons. The summed E-state index contributed by atoms with van der Waals surface area (Å²) in [6, 6.07) is 0.412. The van der Waals surface area contributed by atoms with Crippen molar-refractivity contribution in [1.29, 1.82) is 0 Å². The lowest BCUT2D eigenvalue weighted by molar-refractivity contribution is -0.103. The van der Waals surface area contributed by atoms with Gasteiger partial charge in [-0.1, -0.05) is 6.92 Å². The number of hydrogen-bond donors (Lipinski definition) is 1. The summed E-state index contributed by atoms with van der Waals surface area (Å²) in [6.07, 6.45) is 6.56. The van der Waals surface area contributed by atoms with Crippen molar-refractivity contribution in [1.82, 2.24) is 5.32 Å². The van der Waals surface area contributed by atoms with Gasteiger partial charge in [-0.15, -0.1) is 0 Å². The van der Waals surface area contributed by atoms with Crippen molar-refractivity contribution in [3.63, 3.8) is 0 Å². The first kappa shape index (κ1) is 14.3. The van der Waals surface area contributed by atoms with Crippen LogP contribution in [0.2, 0.25) is 0 Å². The maximum absolute atomic E-state index is 5.82. The van der Waals surface area contributed by atoms with Gasteiger partial charge in [0.1, 0.15) is 0 Å². The van der Waals surface area contributed by atoms with Gasteiger partial charge in [0, 0.05) is 12.6 Å². The Morgan fingerprint density at radius 3 is 2.83 bits per heavy atom. The topological polar surface area (TPSA) is 39.7 Å². The van der Waals surface area contributed by atoms with E-state index in [0.29, 0.717) is 12.1 Å². The van der Waals surface area contributed by atoms with E-state index in [9.17, 15) is 0 Å². The van der Waals surface area contributed by atoms with Gasteiger partial charge in [0.25, 0.3) is 0 Å². The van der Waals surface area contributed by atoms with Crippen LogP contribution in [0.3, 0.4) is 0 Å². The minimum atomic E-state index is 0.215. The Kier molecular flexibility index (Phi) is 6.41. The summed E-state index contributed by atoms with van der Waals surface area (Å²) in [5.74, 6) is 0. The second kappa shape index (κ2) is 8.10. The Morgan fingerprint density at radius 1 is 1.22 bits per heavy atom. The van der Waals surface area contributed by atoms with E-state index in [1.165, 1.54) is 12.8 Å². The Morgan fingerprint density at radius 2 is 2.17 bits per heavy atom. The van der Waals surface area contributed by atoms with Crippen molar-refractivity contribution < 1.29 is 14.2 Å². The van der Waals surface area contributed by atoms with Gasteiger partial charge >= 0.3 is 0 Å². The lowest BCUT2D eigenvalue weighted by Crippen LogP contribution is -2.47. The standard InChI is InChI=1S/C14H27NO3/c1-2-7-15-13(14-11-16-9-10-18-14)6-5-12-4-3-8-17-12/h12-15H,2-11H2,1H3. The molecule has 0 amide bonds. The molecule has 2 saturated heterocycles. The molecule has 0 aromatic heterocycles. The van der Waals surface area contributed by atoms with E-state index in [4.69, 9.17) is 14.2 Å². The third kappa shape index (κ3) is 4.50. The summed E-state index contributed by atoms with van der Waals surface area (Å²) >= 11 is 0. The van der Waals surface area contributed by atoms with Crippen LogP contribution in [0.15, 0.2) is 0 Å². The van der Waals surface area contributed by atoms with Crippen LogP contribution in [-0.4, -0.2) is 51.2 Å². The molecule has 2 rings (SSSR count). The average Bonchev–Trinajstić information content (AvgIpc) is 2.93. The lowest BCUT2D eigenvalue weighted by atomic mass is 10.0. The number of rotatable bonds is 7. The van der Waals surface area contributed by atoms with E-state index in [1.807, 2.05) is 0 Å². The number of ether oxygens (including phenoxy) is 3. The summed E-state index contributed by atoms with van der Waals surface area (Å²) in [6.45, 7) is 6.39. The molecule has 4 heteroatoms. The molecular weight excluding hydrogens is 230 g/mol. The normalized spacial score (nSPS) is 30.5. The van der Waals surface area contributed by atoms with Crippen LogP contribution in [0.25, 0.3) is 0 Å². The molecule has 4 nitrogen and oxygen atoms in total. The van der Waals surface area contributed by atoms with Crippen molar-refractivity contribution in [3.05, 3.63) is 0 Å². The highest BCUT2D eigenvalue weighted by atomic mass is 16.6. The van der Waals surface area contributed by atoms with Gasteiger partial charge in [-0.25, -0.2) is 0 Å². The molecule has 0 spiro atoms. The summed E-state index contributed by atoms with van der Waals surface area (Å²) < 4.78 is 17.0. The molecule has 0 radical (unpaired) electrons. The quantitative estimate of drug-likeness (QED) is 0.754. The first-order chi connectivity index (χ1) is 8.90. The molecule has 0 bridgehead atoms. The predicted octanol–water partition coefficient (Wildman–Crippen LogP) is 1.73. The molecule has 0 saturated carbocycles. The summed E-state index contributed by atoms with van der Waals surface area (Å²) in [5.41, 5.74) is 0. The van der Waals surface area contributed by atoms with Crippen molar-refractivity contribution in [2.24, 2.45) is 0 Å². The molecule has 2 aliphatic rings. The zero-order valence-corrected chi connectivity index (χ0v) is 11.5. The Balaban J connectivity index is 1.75. The molecule has 3 atom stereocenters. The average molecular weight is 257 g/mol. The Labute approximate surface area is 110 Å². The van der Waals surface area contributed by atoms with E-state index < -0.39 is 0 Å². The van der Waals surface area contributed by atoms with E-state index in [-0.39, 0.29) is 6.10 Å². The van der Waals surface area contributed by atoms with Crippen LogP contribution >= 0.6 is 0 Å². The molecule has 3 unspecified atom stereocenters. The number of hydrogen-bond acceptors (Lipinski definition) is 4. The molecule has 0 aromatic carbocycles. The molecule has 18 heavy (non-hydrogen) atoms. The fourth-order valence-electron chi connectivity index (χ4n) is 2.72. The lowest BCUT2D eigenvalue weighted by Gasteiger charge is -2.31. The maximum Gasteiger partial charge on any atom is 0.0962 e. The van der Waals surface area contributed by atoms with Crippen LogP contribution in [0.5, 0.6) is 0 Å². The monoisotopic (exact) mass is 257 g/mol. The van der Waals surface area contributed by atoms with Crippen LogP contribution < -0.4 is 5.32 Å². The highest BCUT2D eigenvalue weighted by molar-refractivity contribution is 4.80. The zero-order valence-electron chi connectivity index (χ0n) is 11.5. The Hall–Kier alpha value is -0.160. The van der Waals surface area contributed by atoms with Gasteiger partial charge in [-0.05, 0) is 38.6 Å². The number of nitrogens with one attached hydrogen (secondary N) is 1. The molecular formula is C14H27NO3. The zero-order chi connectivity index (χ0) is 12.6. The predicted molar refractivity (Wildman–Crippen MR) is 70.8 cm³/mol. The maximum atomic E-state index is 5.82. The molecule has 2 fully saturated rings. The molecule has 2 heterocycles. The van der Waals surface area contributed by atoms with Crippen molar-refractivity contribution in [3.8, 4) is 0 Å². The van der Waals surface area contributed by atoms with Gasteiger partial charge in [-0.3, -0.25) is 0 Å². The largest absolute Gasteiger partial charge is 0.378 e. The van der Waals surface area contributed by atoms with Gasteiger partial charge in [-0.2, -0.15) is 0 Å². The van der Waals surface area contributed by atoms with Crippen LogP contribution in [-0.2, 0) is 14.2 Å². The molecule has 0 aliphatic carbocycles. The molecule has 1 N–H and O–H groups in total. The summed E-state index contributed by atoms with van der Waals surface area (Å²) in [4.78, 5) is 0. The minimum absolute atomic E-state index is 0.215. The van der Waals surface area contributed by atoms with Gasteiger partial charge < -0.3 is 19.5 Å². The van der Waals surface area contributed by atoms with Gasteiger partial charge in [0.2, 0.25) is 0 Å². The highest BCUT2D eigenvalue weighted by Gasteiger charge is 2.26.